The number of rotatable bonds is 10. The smallest absolute Gasteiger partial charge is 0.305 e. The molecule has 0 bridgehead atoms. The van der Waals surface area contributed by atoms with Crippen LogP contribution in [0.1, 0.15) is 44.9 Å². The third-order valence-corrected chi connectivity index (χ3v) is 3.09. The zero-order valence-electron chi connectivity index (χ0n) is 13.8. The van der Waals surface area contributed by atoms with Crippen LogP contribution in [0.4, 0.5) is 0 Å². The normalized spacial score (nSPS) is 12.5. The van der Waals surface area contributed by atoms with Gasteiger partial charge in [0, 0.05) is 6.42 Å². The summed E-state index contributed by atoms with van der Waals surface area (Å²) >= 11 is 0. The lowest BCUT2D eigenvalue weighted by Gasteiger charge is -2.04. The first kappa shape index (κ1) is 21.0. The first-order valence-corrected chi connectivity index (χ1v) is 7.83. The zero-order chi connectivity index (χ0) is 17.3. The fourth-order valence-electron chi connectivity index (χ4n) is 1.76. The van der Waals surface area contributed by atoms with Crippen molar-refractivity contribution in [2.24, 2.45) is 0 Å². The third-order valence-electron chi connectivity index (χ3n) is 3.09. The van der Waals surface area contributed by atoms with Crippen molar-refractivity contribution < 1.29 is 19.7 Å². The molecule has 0 radical (unpaired) electrons. The highest BCUT2D eigenvalue weighted by molar-refractivity contribution is 5.68. The van der Waals surface area contributed by atoms with E-state index in [1.807, 2.05) is 0 Å². The number of carbonyl (C=O) groups excluding carboxylic acids is 1. The van der Waals surface area contributed by atoms with Gasteiger partial charge in [0.1, 0.15) is 6.10 Å². The topological polar surface area (TPSA) is 66.8 Å². The van der Waals surface area contributed by atoms with Crippen molar-refractivity contribution in [1.82, 2.24) is 0 Å². The molecule has 2 unspecified atom stereocenters. The van der Waals surface area contributed by atoms with Gasteiger partial charge in [0.05, 0.1) is 13.2 Å². The van der Waals surface area contributed by atoms with Crippen LogP contribution in [0.3, 0.4) is 0 Å². The number of aliphatic hydroxyl groups is 2. The number of hydrogen-bond acceptors (Lipinski definition) is 4. The summed E-state index contributed by atoms with van der Waals surface area (Å²) < 4.78 is 4.57. The lowest BCUT2D eigenvalue weighted by Crippen LogP contribution is -2.01. The van der Waals surface area contributed by atoms with E-state index in [1.54, 1.807) is 12.2 Å². The van der Waals surface area contributed by atoms with E-state index in [1.165, 1.54) is 13.2 Å². The Balaban J connectivity index is 3.67. The molecule has 0 amide bonds. The maximum Gasteiger partial charge on any atom is 0.305 e. The summed E-state index contributed by atoms with van der Waals surface area (Å²) in [4.78, 5) is 10.9. The van der Waals surface area contributed by atoms with Gasteiger partial charge in [-0.2, -0.15) is 0 Å². The van der Waals surface area contributed by atoms with Crippen molar-refractivity contribution in [1.29, 1.82) is 0 Å². The Morgan fingerprint density at radius 1 is 1.17 bits per heavy atom. The van der Waals surface area contributed by atoms with Gasteiger partial charge >= 0.3 is 5.97 Å². The average molecular weight is 318 g/mol. The van der Waals surface area contributed by atoms with Gasteiger partial charge in [-0.1, -0.05) is 50.2 Å². The highest BCUT2D eigenvalue weighted by Gasteiger charge is 2.00. The molecular formula is C19H26O4. The van der Waals surface area contributed by atoms with Crippen molar-refractivity contribution in [3.63, 3.8) is 0 Å². The van der Waals surface area contributed by atoms with Gasteiger partial charge in [-0.15, -0.1) is 0 Å². The third kappa shape index (κ3) is 14.7. The Kier molecular flexibility index (Phi) is 13.6. The van der Waals surface area contributed by atoms with Crippen molar-refractivity contribution in [2.45, 2.75) is 57.2 Å². The molecule has 2 N–H and O–H groups in total. The molecule has 0 aliphatic heterocycles. The number of unbranched alkanes of at least 4 members (excludes halogenated alkanes) is 4. The van der Waals surface area contributed by atoms with E-state index in [0.29, 0.717) is 12.8 Å². The minimum Gasteiger partial charge on any atom is -0.469 e. The highest BCUT2D eigenvalue weighted by atomic mass is 16.5. The molecule has 0 spiro atoms. The van der Waals surface area contributed by atoms with Gasteiger partial charge in [0.15, 0.2) is 0 Å². The van der Waals surface area contributed by atoms with Gasteiger partial charge in [0.25, 0.3) is 0 Å². The van der Waals surface area contributed by atoms with Gasteiger partial charge in [-0.25, -0.2) is 0 Å². The van der Waals surface area contributed by atoms with E-state index in [2.05, 4.69) is 35.0 Å². The molecule has 2 atom stereocenters. The number of methoxy groups -OCH3 is 1. The number of ether oxygens (including phenoxy) is 1. The van der Waals surface area contributed by atoms with E-state index in [4.69, 9.17) is 5.11 Å². The van der Waals surface area contributed by atoms with Crippen molar-refractivity contribution in [3.8, 4) is 23.7 Å². The van der Waals surface area contributed by atoms with E-state index in [0.717, 1.165) is 32.1 Å². The second kappa shape index (κ2) is 14.9. The highest BCUT2D eigenvalue weighted by Crippen LogP contribution is 2.09. The summed E-state index contributed by atoms with van der Waals surface area (Å²) in [6.07, 6.45) is 9.20. The van der Waals surface area contributed by atoms with Gasteiger partial charge in [0.2, 0.25) is 0 Å². The molecule has 4 nitrogen and oxygen atoms in total. The van der Waals surface area contributed by atoms with Crippen LogP contribution in [0, 0.1) is 23.7 Å². The van der Waals surface area contributed by atoms with E-state index < -0.39 is 12.2 Å². The molecule has 0 fully saturated rings. The van der Waals surface area contributed by atoms with Crippen LogP contribution in [0.25, 0.3) is 0 Å². The van der Waals surface area contributed by atoms with Crippen molar-refractivity contribution >= 4 is 5.97 Å². The number of hydrogen-bond donors (Lipinski definition) is 2. The molecule has 0 saturated carbocycles. The summed E-state index contributed by atoms with van der Waals surface area (Å²) in [7, 11) is 1.40. The molecule has 0 aromatic heterocycles. The van der Waals surface area contributed by atoms with Crippen LogP contribution >= 0.6 is 0 Å². The number of aliphatic hydroxyl groups excluding tert-OH is 2. The van der Waals surface area contributed by atoms with Crippen molar-refractivity contribution in [3.05, 3.63) is 24.8 Å². The summed E-state index contributed by atoms with van der Waals surface area (Å²) in [6, 6.07) is 0. The molecule has 0 saturated heterocycles. The SMILES string of the molecule is C=CC(O)C#CC#C/C=C/C(O)CCCCCCCC(=O)OC. The molecule has 4 heteroatoms. The zero-order valence-corrected chi connectivity index (χ0v) is 13.8. The van der Waals surface area contributed by atoms with Crippen LogP contribution in [-0.2, 0) is 9.53 Å². The van der Waals surface area contributed by atoms with Crippen LogP contribution < -0.4 is 0 Å². The summed E-state index contributed by atoms with van der Waals surface area (Å²) in [6.45, 7) is 3.39. The molecule has 0 rings (SSSR count). The first-order chi connectivity index (χ1) is 11.1. The van der Waals surface area contributed by atoms with Crippen LogP contribution in [0.15, 0.2) is 24.8 Å². The minimum atomic E-state index is -0.855. The van der Waals surface area contributed by atoms with Crippen LogP contribution in [0.5, 0.6) is 0 Å². The van der Waals surface area contributed by atoms with Crippen molar-refractivity contribution in [2.75, 3.05) is 7.11 Å². The predicted octanol–water partition coefficient (Wildman–Crippen LogP) is 2.36. The van der Waals surface area contributed by atoms with Gasteiger partial charge in [-0.05, 0) is 36.8 Å². The molecule has 0 aromatic carbocycles. The lowest BCUT2D eigenvalue weighted by atomic mass is 10.1. The number of allylic oxidation sites excluding steroid dienone is 1. The Morgan fingerprint density at radius 2 is 1.87 bits per heavy atom. The van der Waals surface area contributed by atoms with E-state index >= 15 is 0 Å². The molecule has 0 heterocycles. The number of carbonyl (C=O) groups is 1. The molecule has 0 aromatic rings. The average Bonchev–Trinajstić information content (AvgIpc) is 2.56. The standard InChI is InChI=1S/C19H26O4/c1-3-17(20)13-9-7-8-11-15-18(21)14-10-5-4-6-12-16-19(22)23-2/h3,11,15,17-18,20-21H,1,4-6,10,12,14,16H2,2H3/b15-11+. The van der Waals surface area contributed by atoms with Crippen LogP contribution in [-0.4, -0.2) is 35.5 Å². The number of esters is 1. The summed E-state index contributed by atoms with van der Waals surface area (Å²) in [5.74, 6) is 10.0. The fourth-order valence-corrected chi connectivity index (χ4v) is 1.76. The summed E-state index contributed by atoms with van der Waals surface area (Å²) in [5.41, 5.74) is 0. The minimum absolute atomic E-state index is 0.157. The molecule has 23 heavy (non-hydrogen) atoms. The molecular weight excluding hydrogens is 292 g/mol. The second-order valence-corrected chi connectivity index (χ2v) is 5.03. The first-order valence-electron chi connectivity index (χ1n) is 7.83. The molecule has 126 valence electrons. The Hall–Kier alpha value is -2.01. The monoisotopic (exact) mass is 318 g/mol. The lowest BCUT2D eigenvalue weighted by molar-refractivity contribution is -0.140. The van der Waals surface area contributed by atoms with E-state index in [-0.39, 0.29) is 5.97 Å². The fraction of sp³-hybridized carbons (Fsp3) is 0.526. The summed E-state index contributed by atoms with van der Waals surface area (Å²) in [5, 5.41) is 18.8. The van der Waals surface area contributed by atoms with Gasteiger partial charge in [-0.3, -0.25) is 4.79 Å². The molecule has 0 aliphatic rings. The quantitative estimate of drug-likeness (QED) is 0.281. The Labute approximate surface area is 139 Å². The predicted molar refractivity (Wildman–Crippen MR) is 91.2 cm³/mol. The Morgan fingerprint density at radius 3 is 2.57 bits per heavy atom. The Bertz CT molecular complexity index is 485. The second-order valence-electron chi connectivity index (χ2n) is 5.03. The van der Waals surface area contributed by atoms with Crippen LogP contribution in [0.2, 0.25) is 0 Å². The maximum absolute atomic E-state index is 10.9. The maximum atomic E-state index is 10.9. The largest absolute Gasteiger partial charge is 0.469 e. The van der Waals surface area contributed by atoms with E-state index in [9.17, 15) is 9.90 Å². The molecule has 0 aliphatic carbocycles. The van der Waals surface area contributed by atoms with Gasteiger partial charge < -0.3 is 14.9 Å².